The van der Waals surface area contributed by atoms with Gasteiger partial charge in [-0.1, -0.05) is 29.8 Å². The second-order valence-electron chi connectivity index (χ2n) is 6.29. The third-order valence-electron chi connectivity index (χ3n) is 4.57. The van der Waals surface area contributed by atoms with E-state index in [1.165, 1.54) is 30.0 Å². The molecule has 0 atom stereocenters. The molecule has 0 bridgehead atoms. The zero-order valence-corrected chi connectivity index (χ0v) is 16.1. The smallest absolute Gasteiger partial charge is 0.337 e. The minimum atomic E-state index is -0.605. The molecule has 0 aliphatic heterocycles. The molecule has 0 unspecified atom stereocenters. The number of rotatable bonds is 4. The molecule has 8 heteroatoms. The molecule has 29 heavy (non-hydrogen) atoms. The average Bonchev–Trinajstić information content (AvgIpc) is 2.73. The van der Waals surface area contributed by atoms with Crippen molar-refractivity contribution in [3.05, 3.63) is 98.0 Å². The van der Waals surface area contributed by atoms with E-state index in [0.29, 0.717) is 17.0 Å². The lowest BCUT2D eigenvalue weighted by Crippen LogP contribution is -2.40. The highest BCUT2D eigenvalue weighted by Gasteiger charge is 2.18. The van der Waals surface area contributed by atoms with Crippen LogP contribution in [0.4, 0.5) is 4.39 Å². The average molecular weight is 412 g/mol. The van der Waals surface area contributed by atoms with Gasteiger partial charge >= 0.3 is 5.69 Å². The van der Waals surface area contributed by atoms with Crippen LogP contribution in [0.25, 0.3) is 16.7 Å². The summed E-state index contributed by atoms with van der Waals surface area (Å²) in [5.74, 6) is -0.0493. The Labute approximate surface area is 169 Å². The van der Waals surface area contributed by atoms with E-state index in [2.05, 4.69) is 4.98 Å². The van der Waals surface area contributed by atoms with E-state index in [0.717, 1.165) is 10.6 Å². The summed E-state index contributed by atoms with van der Waals surface area (Å²) < 4.78 is 21.1. The maximum Gasteiger partial charge on any atom is 0.337 e. The van der Waals surface area contributed by atoms with Crippen LogP contribution in [0.2, 0.25) is 5.02 Å². The summed E-state index contributed by atoms with van der Waals surface area (Å²) in [6.07, 6.45) is 1.51. The van der Waals surface area contributed by atoms with Crippen molar-refractivity contribution in [1.29, 1.82) is 0 Å². The predicted octanol–water partition coefficient (Wildman–Crippen LogP) is 3.40. The number of aromatic nitrogens is 3. The minimum Gasteiger partial charge on any atom is -0.495 e. The maximum atomic E-state index is 13.4. The molecule has 0 saturated carbocycles. The quantitative estimate of drug-likeness (QED) is 0.516. The number of ether oxygens (including phenoxy) is 1. The standard InChI is InChI=1S/C21H15ClFN3O3/c1-29-18-7-3-2-6-17(18)26-19-15(5-4-10-24-19)20(27)25(21(26)28)12-13-8-9-14(23)11-16(13)22/h2-11H,12H2,1H3. The predicted molar refractivity (Wildman–Crippen MR) is 109 cm³/mol. The molecular weight excluding hydrogens is 397 g/mol. The zero-order valence-electron chi connectivity index (χ0n) is 15.3. The Morgan fingerprint density at radius 3 is 2.66 bits per heavy atom. The van der Waals surface area contributed by atoms with Crippen molar-refractivity contribution in [2.24, 2.45) is 0 Å². The van der Waals surface area contributed by atoms with Crippen LogP contribution in [-0.4, -0.2) is 21.2 Å². The number of hydrogen-bond acceptors (Lipinski definition) is 4. The van der Waals surface area contributed by atoms with Gasteiger partial charge in [0.1, 0.15) is 11.6 Å². The fourth-order valence-corrected chi connectivity index (χ4v) is 3.40. The molecule has 0 aliphatic rings. The molecule has 2 aromatic carbocycles. The first kappa shape index (κ1) is 18.9. The highest BCUT2D eigenvalue weighted by atomic mass is 35.5. The van der Waals surface area contributed by atoms with Crippen molar-refractivity contribution >= 4 is 22.6 Å². The maximum absolute atomic E-state index is 13.4. The molecule has 146 valence electrons. The number of halogens is 2. The van der Waals surface area contributed by atoms with Gasteiger partial charge in [0.05, 0.1) is 24.7 Å². The van der Waals surface area contributed by atoms with E-state index in [1.54, 1.807) is 36.4 Å². The van der Waals surface area contributed by atoms with Crippen LogP contribution in [-0.2, 0) is 6.54 Å². The van der Waals surface area contributed by atoms with Crippen LogP contribution < -0.4 is 16.0 Å². The van der Waals surface area contributed by atoms with Gasteiger partial charge in [-0.2, -0.15) is 0 Å². The highest BCUT2D eigenvalue weighted by molar-refractivity contribution is 6.31. The Morgan fingerprint density at radius 1 is 1.10 bits per heavy atom. The van der Waals surface area contributed by atoms with Gasteiger partial charge in [-0.3, -0.25) is 9.36 Å². The van der Waals surface area contributed by atoms with Crippen molar-refractivity contribution in [2.45, 2.75) is 6.54 Å². The van der Waals surface area contributed by atoms with Crippen LogP contribution in [0.3, 0.4) is 0 Å². The largest absolute Gasteiger partial charge is 0.495 e. The Morgan fingerprint density at radius 2 is 1.90 bits per heavy atom. The number of pyridine rings is 1. The molecule has 0 N–H and O–H groups in total. The number of nitrogens with zero attached hydrogens (tertiary/aromatic N) is 3. The molecule has 2 heterocycles. The van der Waals surface area contributed by atoms with Crippen molar-refractivity contribution in [3.63, 3.8) is 0 Å². The fraction of sp³-hybridized carbons (Fsp3) is 0.0952. The summed E-state index contributed by atoms with van der Waals surface area (Å²) in [7, 11) is 1.49. The van der Waals surface area contributed by atoms with Crippen molar-refractivity contribution in [3.8, 4) is 11.4 Å². The number of hydrogen-bond donors (Lipinski definition) is 0. The third kappa shape index (κ3) is 3.30. The topological polar surface area (TPSA) is 66.1 Å². The number of benzene rings is 2. The lowest BCUT2D eigenvalue weighted by Gasteiger charge is -2.16. The summed E-state index contributed by atoms with van der Waals surface area (Å²) >= 11 is 6.11. The molecule has 0 aliphatic carbocycles. The van der Waals surface area contributed by atoms with Crippen LogP contribution in [0.15, 0.2) is 70.4 Å². The highest BCUT2D eigenvalue weighted by Crippen LogP contribution is 2.23. The van der Waals surface area contributed by atoms with Crippen molar-refractivity contribution in [1.82, 2.24) is 14.1 Å². The second-order valence-corrected chi connectivity index (χ2v) is 6.70. The van der Waals surface area contributed by atoms with Gasteiger partial charge in [0.2, 0.25) is 0 Å². The van der Waals surface area contributed by atoms with E-state index in [1.807, 2.05) is 0 Å². The van der Waals surface area contributed by atoms with E-state index < -0.39 is 17.1 Å². The second kappa shape index (κ2) is 7.52. The van der Waals surface area contributed by atoms with E-state index in [9.17, 15) is 14.0 Å². The van der Waals surface area contributed by atoms with Gasteiger partial charge in [0.15, 0.2) is 5.65 Å². The number of fused-ring (bicyclic) bond motifs is 1. The molecule has 0 saturated heterocycles. The molecule has 0 spiro atoms. The molecule has 6 nitrogen and oxygen atoms in total. The fourth-order valence-electron chi connectivity index (χ4n) is 3.18. The summed E-state index contributed by atoms with van der Waals surface area (Å²) in [5.41, 5.74) is -0.00563. The SMILES string of the molecule is COc1ccccc1-n1c(=O)n(Cc2ccc(F)cc2Cl)c(=O)c2cccnc21. The minimum absolute atomic E-state index is 0.114. The van der Waals surface area contributed by atoms with Gasteiger partial charge in [-0.25, -0.2) is 18.7 Å². The van der Waals surface area contributed by atoms with Gasteiger partial charge in [0, 0.05) is 11.2 Å². The molecule has 0 fully saturated rings. The monoisotopic (exact) mass is 411 g/mol. The number of methoxy groups -OCH3 is 1. The van der Waals surface area contributed by atoms with Crippen LogP contribution in [0, 0.1) is 5.82 Å². The Kier molecular flexibility index (Phi) is 4.90. The van der Waals surface area contributed by atoms with Crippen LogP contribution >= 0.6 is 11.6 Å². The van der Waals surface area contributed by atoms with E-state index in [4.69, 9.17) is 16.3 Å². The Bertz CT molecular complexity index is 1350. The van der Waals surface area contributed by atoms with Gasteiger partial charge in [-0.15, -0.1) is 0 Å². The first-order chi connectivity index (χ1) is 14.0. The van der Waals surface area contributed by atoms with Crippen molar-refractivity contribution < 1.29 is 9.13 Å². The molecule has 4 rings (SSSR count). The first-order valence-electron chi connectivity index (χ1n) is 8.69. The molecule has 0 amide bonds. The number of para-hydroxylation sites is 2. The first-order valence-corrected chi connectivity index (χ1v) is 9.07. The molecule has 2 aromatic heterocycles. The zero-order chi connectivity index (χ0) is 20.5. The summed E-state index contributed by atoms with van der Waals surface area (Å²) in [4.78, 5) is 30.6. The molecular formula is C21H15ClFN3O3. The van der Waals surface area contributed by atoms with Gasteiger partial charge in [0.25, 0.3) is 5.56 Å². The molecule has 0 radical (unpaired) electrons. The van der Waals surface area contributed by atoms with Gasteiger partial charge in [-0.05, 0) is 42.0 Å². The van der Waals surface area contributed by atoms with Gasteiger partial charge < -0.3 is 4.74 Å². The van der Waals surface area contributed by atoms with Crippen LogP contribution in [0.1, 0.15) is 5.56 Å². The Balaban J connectivity index is 2.04. The van der Waals surface area contributed by atoms with E-state index >= 15 is 0 Å². The summed E-state index contributed by atoms with van der Waals surface area (Å²) in [6, 6.07) is 14.0. The summed E-state index contributed by atoms with van der Waals surface area (Å²) in [5, 5.41) is 0.391. The van der Waals surface area contributed by atoms with Crippen LogP contribution in [0.5, 0.6) is 5.75 Å². The lowest BCUT2D eigenvalue weighted by molar-refractivity contribution is 0.412. The molecule has 4 aromatic rings. The lowest BCUT2D eigenvalue weighted by atomic mass is 10.2. The normalized spacial score (nSPS) is 11.0. The van der Waals surface area contributed by atoms with Crippen molar-refractivity contribution in [2.75, 3.05) is 7.11 Å². The Hall–Kier alpha value is -3.45. The summed E-state index contributed by atoms with van der Waals surface area (Å²) in [6.45, 7) is -0.114. The van der Waals surface area contributed by atoms with E-state index in [-0.39, 0.29) is 22.6 Å². The third-order valence-corrected chi connectivity index (χ3v) is 4.92.